The quantitative estimate of drug-likeness (QED) is 0.807. The topological polar surface area (TPSA) is 91.3 Å². The van der Waals surface area contributed by atoms with Crippen molar-refractivity contribution in [2.24, 2.45) is 0 Å². The molecule has 6 nitrogen and oxygen atoms in total. The zero-order valence-electron chi connectivity index (χ0n) is 10.7. The van der Waals surface area contributed by atoms with E-state index in [4.69, 9.17) is 5.11 Å². The molecule has 3 N–H and O–H groups in total. The van der Waals surface area contributed by atoms with Crippen LogP contribution in [0.1, 0.15) is 20.9 Å². The number of hydrogen-bond acceptors (Lipinski definition) is 4. The van der Waals surface area contributed by atoms with Crippen LogP contribution in [0.25, 0.3) is 0 Å². The number of carbonyl (C=O) groups is 2. The summed E-state index contributed by atoms with van der Waals surface area (Å²) in [7, 11) is 0. The minimum atomic E-state index is -1.02. The molecule has 0 fully saturated rings. The molecule has 0 radical (unpaired) electrons. The second-order valence-electron chi connectivity index (χ2n) is 4.02. The number of carboxylic acids is 1. The van der Waals surface area contributed by atoms with Gasteiger partial charge in [-0.1, -0.05) is 6.07 Å². The molecule has 1 aromatic carbocycles. The van der Waals surface area contributed by atoms with Crippen molar-refractivity contribution < 1.29 is 14.7 Å². The summed E-state index contributed by atoms with van der Waals surface area (Å²) in [6.45, 7) is 1.99. The molecule has 0 aliphatic heterocycles. The highest BCUT2D eigenvalue weighted by Crippen LogP contribution is 2.18. The van der Waals surface area contributed by atoms with Gasteiger partial charge in [0.25, 0.3) is 0 Å². The van der Waals surface area contributed by atoms with E-state index in [0.29, 0.717) is 17.8 Å². The maximum Gasteiger partial charge on any atom is 0.336 e. The summed E-state index contributed by atoms with van der Waals surface area (Å²) in [4.78, 5) is 26.8. The number of hydrogen-bond donors (Lipinski definition) is 3. The molecular weight excluding hydrogens is 278 g/mol. The molecule has 1 aromatic heterocycles. The van der Waals surface area contributed by atoms with Gasteiger partial charge in [-0.3, -0.25) is 0 Å². The number of rotatable bonds is 4. The Morgan fingerprint density at radius 2 is 2.20 bits per heavy atom. The lowest BCUT2D eigenvalue weighted by atomic mass is 10.1. The highest BCUT2D eigenvalue weighted by molar-refractivity contribution is 7.09. The zero-order chi connectivity index (χ0) is 14.5. The van der Waals surface area contributed by atoms with Crippen molar-refractivity contribution in [1.82, 2.24) is 10.3 Å². The van der Waals surface area contributed by atoms with Crippen molar-refractivity contribution in [1.29, 1.82) is 0 Å². The fraction of sp³-hybridized carbons (Fsp3) is 0.154. The van der Waals surface area contributed by atoms with Crippen LogP contribution in [0.3, 0.4) is 0 Å². The molecule has 2 rings (SSSR count). The maximum atomic E-state index is 11.7. The number of nitrogens with zero attached hydrogens (tertiary/aromatic N) is 1. The van der Waals surface area contributed by atoms with Crippen LogP contribution in [-0.2, 0) is 6.54 Å². The number of carboxylic acid groups (broad SMARTS) is 1. The zero-order valence-corrected chi connectivity index (χ0v) is 11.5. The molecule has 0 saturated heterocycles. The molecule has 0 aliphatic rings. The van der Waals surface area contributed by atoms with Crippen LogP contribution in [0, 0.1) is 6.92 Å². The predicted molar refractivity (Wildman–Crippen MR) is 76.1 cm³/mol. The summed E-state index contributed by atoms with van der Waals surface area (Å²) in [6, 6.07) is 4.35. The summed E-state index contributed by atoms with van der Waals surface area (Å²) in [6.07, 6.45) is 1.67. The Labute approximate surface area is 119 Å². The summed E-state index contributed by atoms with van der Waals surface area (Å²) in [5.41, 5.74) is 1.16. The van der Waals surface area contributed by atoms with E-state index in [2.05, 4.69) is 15.6 Å². The monoisotopic (exact) mass is 291 g/mol. The van der Waals surface area contributed by atoms with E-state index in [0.717, 1.165) is 5.01 Å². The Bertz CT molecular complexity index is 626. The van der Waals surface area contributed by atoms with Crippen LogP contribution in [-0.4, -0.2) is 22.1 Å². The molecule has 0 atom stereocenters. The number of aromatic nitrogens is 1. The lowest BCUT2D eigenvalue weighted by Gasteiger charge is -2.10. The van der Waals surface area contributed by atoms with E-state index in [1.165, 1.54) is 17.4 Å². The molecule has 7 heteroatoms. The first-order valence-corrected chi connectivity index (χ1v) is 6.72. The summed E-state index contributed by atoms with van der Waals surface area (Å²) in [5, 5.41) is 16.9. The molecular formula is C13H13N3O3S. The Morgan fingerprint density at radius 3 is 2.85 bits per heavy atom. The van der Waals surface area contributed by atoms with Crippen molar-refractivity contribution in [2.45, 2.75) is 13.5 Å². The minimum absolute atomic E-state index is 0.169. The second-order valence-corrected chi connectivity index (χ2v) is 5.00. The normalized spacial score (nSPS) is 10.1. The molecule has 0 saturated carbocycles. The summed E-state index contributed by atoms with van der Waals surface area (Å²) >= 11 is 1.45. The fourth-order valence-corrected chi connectivity index (χ4v) is 2.22. The van der Waals surface area contributed by atoms with Crippen LogP contribution >= 0.6 is 11.3 Å². The lowest BCUT2D eigenvalue weighted by molar-refractivity contribution is 0.0696. The van der Waals surface area contributed by atoms with Crippen LogP contribution in [0.4, 0.5) is 10.5 Å². The first-order chi connectivity index (χ1) is 9.58. The smallest absolute Gasteiger partial charge is 0.336 e. The van der Waals surface area contributed by atoms with Gasteiger partial charge in [-0.05, 0) is 24.6 Å². The van der Waals surface area contributed by atoms with Gasteiger partial charge < -0.3 is 15.7 Å². The summed E-state index contributed by atoms with van der Waals surface area (Å²) in [5.74, 6) is -1.02. The van der Waals surface area contributed by atoms with Gasteiger partial charge in [-0.2, -0.15) is 0 Å². The number of urea groups is 1. The first-order valence-electron chi connectivity index (χ1n) is 5.84. The van der Waals surface area contributed by atoms with E-state index in [-0.39, 0.29) is 5.56 Å². The fourth-order valence-electron chi connectivity index (χ4n) is 1.67. The van der Waals surface area contributed by atoms with Crippen molar-refractivity contribution in [3.8, 4) is 0 Å². The number of benzene rings is 1. The average Bonchev–Trinajstić information content (AvgIpc) is 2.91. The Balaban J connectivity index is 2.01. The van der Waals surface area contributed by atoms with Crippen LogP contribution in [0.2, 0.25) is 0 Å². The number of aromatic carboxylic acids is 1. The van der Waals surface area contributed by atoms with Crippen LogP contribution in [0.15, 0.2) is 29.8 Å². The average molecular weight is 291 g/mol. The van der Waals surface area contributed by atoms with Crippen molar-refractivity contribution in [3.63, 3.8) is 0 Å². The van der Waals surface area contributed by atoms with E-state index in [1.807, 2.05) is 5.38 Å². The van der Waals surface area contributed by atoms with Crippen LogP contribution in [0.5, 0.6) is 0 Å². The number of anilines is 1. The lowest BCUT2D eigenvalue weighted by Crippen LogP contribution is -2.28. The van der Waals surface area contributed by atoms with E-state index in [1.54, 1.807) is 25.3 Å². The summed E-state index contributed by atoms with van der Waals surface area (Å²) < 4.78 is 0. The number of thiazole rings is 1. The highest BCUT2D eigenvalue weighted by atomic mass is 32.1. The third-order valence-electron chi connectivity index (χ3n) is 2.70. The van der Waals surface area contributed by atoms with Gasteiger partial charge in [0.15, 0.2) is 0 Å². The molecule has 20 heavy (non-hydrogen) atoms. The SMILES string of the molecule is Cc1c(NC(=O)NCc2nccs2)cccc1C(=O)O. The highest BCUT2D eigenvalue weighted by Gasteiger charge is 2.11. The van der Waals surface area contributed by atoms with E-state index >= 15 is 0 Å². The Kier molecular flexibility index (Phi) is 4.31. The molecule has 104 valence electrons. The van der Waals surface area contributed by atoms with E-state index in [9.17, 15) is 9.59 Å². The second kappa shape index (κ2) is 6.16. The van der Waals surface area contributed by atoms with Crippen molar-refractivity contribution in [3.05, 3.63) is 45.9 Å². The minimum Gasteiger partial charge on any atom is -0.478 e. The van der Waals surface area contributed by atoms with Gasteiger partial charge in [0.1, 0.15) is 5.01 Å². The Morgan fingerprint density at radius 1 is 1.40 bits per heavy atom. The van der Waals surface area contributed by atoms with Gasteiger partial charge in [0, 0.05) is 17.3 Å². The first kappa shape index (κ1) is 14.0. The standard InChI is InChI=1S/C13H13N3O3S/c1-8-9(12(17)18)3-2-4-10(8)16-13(19)15-7-11-14-5-6-20-11/h2-6H,7H2,1H3,(H,17,18)(H2,15,16,19). The molecule has 0 unspecified atom stereocenters. The Hall–Kier alpha value is -2.41. The molecule has 0 aliphatic carbocycles. The van der Waals surface area contributed by atoms with Crippen molar-refractivity contribution in [2.75, 3.05) is 5.32 Å². The third-order valence-corrected chi connectivity index (χ3v) is 3.48. The molecule has 2 amide bonds. The number of carbonyl (C=O) groups excluding carboxylic acids is 1. The van der Waals surface area contributed by atoms with Gasteiger partial charge in [-0.15, -0.1) is 11.3 Å². The van der Waals surface area contributed by atoms with E-state index < -0.39 is 12.0 Å². The van der Waals surface area contributed by atoms with Gasteiger partial charge in [0.05, 0.1) is 12.1 Å². The number of nitrogens with one attached hydrogen (secondary N) is 2. The maximum absolute atomic E-state index is 11.7. The molecule has 2 aromatic rings. The molecule has 1 heterocycles. The molecule has 0 bridgehead atoms. The van der Waals surface area contributed by atoms with Crippen LogP contribution < -0.4 is 10.6 Å². The van der Waals surface area contributed by atoms with Gasteiger partial charge >= 0.3 is 12.0 Å². The third kappa shape index (κ3) is 3.33. The predicted octanol–water partition coefficient (Wildman–Crippen LogP) is 2.47. The van der Waals surface area contributed by atoms with Crippen molar-refractivity contribution >= 4 is 29.0 Å². The number of amides is 2. The van der Waals surface area contributed by atoms with Gasteiger partial charge in [-0.25, -0.2) is 14.6 Å². The molecule has 0 spiro atoms. The van der Waals surface area contributed by atoms with Gasteiger partial charge in [0.2, 0.25) is 0 Å². The largest absolute Gasteiger partial charge is 0.478 e.